The second-order valence-corrected chi connectivity index (χ2v) is 4.96. The van der Waals surface area contributed by atoms with E-state index in [0.29, 0.717) is 6.54 Å². The molecule has 2 rings (SSSR count). The standard InChI is InChI=1S/C11H17N5/c1-8-5-6-9-13-14-10(16(9)15-8)7-12-11(2,3)4/h5-6,12H,7H2,1-4H3. The molecule has 16 heavy (non-hydrogen) atoms. The fourth-order valence-electron chi connectivity index (χ4n) is 1.38. The molecule has 2 aromatic rings. The summed E-state index contributed by atoms with van der Waals surface area (Å²) in [6.45, 7) is 8.99. The van der Waals surface area contributed by atoms with E-state index in [4.69, 9.17) is 0 Å². The van der Waals surface area contributed by atoms with Crippen LogP contribution in [-0.4, -0.2) is 25.4 Å². The first-order chi connectivity index (χ1) is 7.46. The number of hydrogen-bond donors (Lipinski definition) is 1. The van der Waals surface area contributed by atoms with E-state index in [1.807, 2.05) is 19.1 Å². The SMILES string of the molecule is Cc1ccc2nnc(CNC(C)(C)C)n2n1. The second kappa shape index (κ2) is 3.83. The Morgan fingerprint density at radius 1 is 1.25 bits per heavy atom. The largest absolute Gasteiger partial charge is 0.305 e. The van der Waals surface area contributed by atoms with E-state index in [2.05, 4.69) is 41.4 Å². The van der Waals surface area contributed by atoms with Crippen molar-refractivity contribution in [3.63, 3.8) is 0 Å². The average Bonchev–Trinajstić information content (AvgIpc) is 2.56. The van der Waals surface area contributed by atoms with Gasteiger partial charge >= 0.3 is 0 Å². The van der Waals surface area contributed by atoms with Gasteiger partial charge in [0.25, 0.3) is 0 Å². The van der Waals surface area contributed by atoms with Gasteiger partial charge in [0.15, 0.2) is 11.5 Å². The number of rotatable bonds is 2. The van der Waals surface area contributed by atoms with Crippen molar-refractivity contribution in [2.45, 2.75) is 39.8 Å². The molecule has 0 fully saturated rings. The molecule has 0 amide bonds. The number of hydrogen-bond acceptors (Lipinski definition) is 4. The molecule has 0 spiro atoms. The summed E-state index contributed by atoms with van der Waals surface area (Å²) >= 11 is 0. The van der Waals surface area contributed by atoms with Crippen LogP contribution < -0.4 is 5.32 Å². The summed E-state index contributed by atoms with van der Waals surface area (Å²) in [4.78, 5) is 0. The summed E-state index contributed by atoms with van der Waals surface area (Å²) < 4.78 is 1.79. The third kappa shape index (κ3) is 2.36. The lowest BCUT2D eigenvalue weighted by Crippen LogP contribution is -2.35. The Balaban J connectivity index is 2.28. The van der Waals surface area contributed by atoms with Gasteiger partial charge in [-0.25, -0.2) is 0 Å². The molecule has 0 aromatic carbocycles. The minimum atomic E-state index is 0.0651. The van der Waals surface area contributed by atoms with Crippen molar-refractivity contribution in [3.05, 3.63) is 23.7 Å². The smallest absolute Gasteiger partial charge is 0.177 e. The van der Waals surface area contributed by atoms with Gasteiger partial charge in [-0.1, -0.05) is 0 Å². The van der Waals surface area contributed by atoms with Crippen molar-refractivity contribution in [1.82, 2.24) is 25.1 Å². The van der Waals surface area contributed by atoms with Gasteiger partial charge < -0.3 is 5.32 Å². The molecule has 2 heterocycles. The summed E-state index contributed by atoms with van der Waals surface area (Å²) in [7, 11) is 0. The molecular weight excluding hydrogens is 202 g/mol. The van der Waals surface area contributed by atoms with Gasteiger partial charge in [0.05, 0.1) is 12.2 Å². The van der Waals surface area contributed by atoms with Crippen LogP contribution in [0.2, 0.25) is 0 Å². The molecule has 0 aliphatic rings. The summed E-state index contributed by atoms with van der Waals surface area (Å²) in [5, 5.41) is 16.0. The highest BCUT2D eigenvalue weighted by molar-refractivity contribution is 5.35. The minimum absolute atomic E-state index is 0.0651. The molecular formula is C11H17N5. The van der Waals surface area contributed by atoms with Gasteiger partial charge in [-0.15, -0.1) is 10.2 Å². The van der Waals surface area contributed by atoms with E-state index < -0.39 is 0 Å². The molecule has 0 bridgehead atoms. The Labute approximate surface area is 94.9 Å². The zero-order valence-corrected chi connectivity index (χ0v) is 10.2. The highest BCUT2D eigenvalue weighted by atomic mass is 15.4. The van der Waals surface area contributed by atoms with Crippen molar-refractivity contribution < 1.29 is 0 Å². The van der Waals surface area contributed by atoms with Crippen LogP contribution in [0.25, 0.3) is 5.65 Å². The number of nitrogens with one attached hydrogen (secondary N) is 1. The van der Waals surface area contributed by atoms with Gasteiger partial charge in [-0.2, -0.15) is 9.61 Å². The van der Waals surface area contributed by atoms with E-state index in [0.717, 1.165) is 17.2 Å². The Morgan fingerprint density at radius 2 is 2.00 bits per heavy atom. The first-order valence-corrected chi connectivity index (χ1v) is 5.39. The first kappa shape index (κ1) is 11.0. The third-order valence-corrected chi connectivity index (χ3v) is 2.24. The Hall–Kier alpha value is -1.49. The zero-order valence-electron chi connectivity index (χ0n) is 10.2. The normalized spacial score (nSPS) is 12.2. The minimum Gasteiger partial charge on any atom is -0.305 e. The molecule has 0 aliphatic heterocycles. The van der Waals surface area contributed by atoms with E-state index in [-0.39, 0.29) is 5.54 Å². The van der Waals surface area contributed by atoms with Crippen molar-refractivity contribution in [2.24, 2.45) is 0 Å². The van der Waals surface area contributed by atoms with Crippen LogP contribution in [0.3, 0.4) is 0 Å². The summed E-state index contributed by atoms with van der Waals surface area (Å²) in [5.74, 6) is 0.841. The lowest BCUT2D eigenvalue weighted by molar-refractivity contribution is 0.415. The molecule has 0 radical (unpaired) electrons. The van der Waals surface area contributed by atoms with Gasteiger partial charge in [-0.05, 0) is 39.8 Å². The van der Waals surface area contributed by atoms with E-state index >= 15 is 0 Å². The van der Waals surface area contributed by atoms with Gasteiger partial charge in [0.2, 0.25) is 0 Å². The summed E-state index contributed by atoms with van der Waals surface area (Å²) in [6, 6.07) is 3.86. The van der Waals surface area contributed by atoms with Crippen LogP contribution in [0.1, 0.15) is 32.3 Å². The second-order valence-electron chi connectivity index (χ2n) is 4.96. The maximum Gasteiger partial charge on any atom is 0.177 e. The van der Waals surface area contributed by atoms with Crippen LogP contribution in [0.15, 0.2) is 12.1 Å². The number of aryl methyl sites for hydroxylation is 1. The Morgan fingerprint density at radius 3 is 2.69 bits per heavy atom. The van der Waals surface area contributed by atoms with Crippen molar-refractivity contribution in [1.29, 1.82) is 0 Å². The number of aromatic nitrogens is 4. The summed E-state index contributed by atoms with van der Waals surface area (Å²) in [5.41, 5.74) is 1.82. The Bertz CT molecular complexity index is 495. The van der Waals surface area contributed by atoms with Crippen LogP contribution in [0, 0.1) is 6.92 Å². The monoisotopic (exact) mass is 219 g/mol. The Kier molecular flexibility index (Phi) is 2.63. The molecule has 5 nitrogen and oxygen atoms in total. The maximum absolute atomic E-state index is 4.39. The van der Waals surface area contributed by atoms with Crippen LogP contribution in [0.4, 0.5) is 0 Å². The highest BCUT2D eigenvalue weighted by Gasteiger charge is 2.12. The number of fused-ring (bicyclic) bond motifs is 1. The number of nitrogens with zero attached hydrogens (tertiary/aromatic N) is 4. The molecule has 0 atom stereocenters. The highest BCUT2D eigenvalue weighted by Crippen LogP contribution is 2.05. The quantitative estimate of drug-likeness (QED) is 0.827. The van der Waals surface area contributed by atoms with Crippen molar-refractivity contribution in [2.75, 3.05) is 0 Å². The van der Waals surface area contributed by atoms with Gasteiger partial charge in [0.1, 0.15) is 0 Å². The summed E-state index contributed by atoms with van der Waals surface area (Å²) in [6.07, 6.45) is 0. The topological polar surface area (TPSA) is 55.1 Å². The maximum atomic E-state index is 4.39. The molecule has 0 saturated heterocycles. The molecule has 86 valence electrons. The molecule has 0 saturated carbocycles. The molecule has 2 aromatic heterocycles. The lowest BCUT2D eigenvalue weighted by atomic mass is 10.1. The van der Waals surface area contributed by atoms with Crippen LogP contribution in [0.5, 0.6) is 0 Å². The van der Waals surface area contributed by atoms with E-state index in [1.54, 1.807) is 4.52 Å². The molecule has 1 N–H and O–H groups in total. The predicted octanol–water partition coefficient (Wildman–Crippen LogP) is 1.32. The third-order valence-electron chi connectivity index (χ3n) is 2.24. The average molecular weight is 219 g/mol. The van der Waals surface area contributed by atoms with Crippen LogP contribution in [-0.2, 0) is 6.54 Å². The fourth-order valence-corrected chi connectivity index (χ4v) is 1.38. The van der Waals surface area contributed by atoms with Gasteiger partial charge in [0, 0.05) is 5.54 Å². The first-order valence-electron chi connectivity index (χ1n) is 5.39. The zero-order chi connectivity index (χ0) is 11.8. The van der Waals surface area contributed by atoms with E-state index in [1.165, 1.54) is 0 Å². The molecule has 0 aliphatic carbocycles. The van der Waals surface area contributed by atoms with E-state index in [9.17, 15) is 0 Å². The predicted molar refractivity (Wildman–Crippen MR) is 62.1 cm³/mol. The van der Waals surface area contributed by atoms with Gasteiger partial charge in [-0.3, -0.25) is 0 Å². The molecule has 5 heteroatoms. The fraction of sp³-hybridized carbons (Fsp3) is 0.545. The van der Waals surface area contributed by atoms with Crippen molar-refractivity contribution in [3.8, 4) is 0 Å². The van der Waals surface area contributed by atoms with Crippen molar-refractivity contribution >= 4 is 5.65 Å². The molecule has 0 unspecified atom stereocenters. The van der Waals surface area contributed by atoms with Crippen LogP contribution >= 0.6 is 0 Å². The lowest BCUT2D eigenvalue weighted by Gasteiger charge is -2.19.